The van der Waals surface area contributed by atoms with Crippen molar-refractivity contribution in [1.82, 2.24) is 4.90 Å². The molecule has 2 heterocycles. The number of aliphatic hydroxyl groups excluding tert-OH is 1. The van der Waals surface area contributed by atoms with Crippen molar-refractivity contribution in [3.63, 3.8) is 0 Å². The van der Waals surface area contributed by atoms with Crippen LogP contribution in [0.5, 0.6) is 23.0 Å². The van der Waals surface area contributed by atoms with E-state index < -0.39 is 18.0 Å². The molecule has 11 nitrogen and oxygen atoms in total. The molecule has 3 N–H and O–H groups in total. The van der Waals surface area contributed by atoms with Gasteiger partial charge in [0.2, 0.25) is 0 Å². The van der Waals surface area contributed by atoms with Crippen molar-refractivity contribution in [2.24, 2.45) is 5.92 Å². The molecular weight excluding hydrogens is 606 g/mol. The smallest absolute Gasteiger partial charge is 0.328 e. The summed E-state index contributed by atoms with van der Waals surface area (Å²) in [5, 5.41) is 25.9. The van der Waals surface area contributed by atoms with Gasteiger partial charge in [0, 0.05) is 42.2 Å². The standard InChI is InChI=1S/C32H39NO6.C4H4O4/c1-36-25-9-8-21-19-33(14-12-32-11-10-23(34)17-28(32)39-31(25)29(21)32)13-6-4-5-7-20-15-22-16-26(37-2)27(38-3)18-24(22)30(20)35;5-3(6)1-2-4(7)8/h8-11,16,18,20,23,28,34H,4-7,12-15,17,19H2,1-3H3;1-2H,(H,5,6)(H,7,8)/b;2-1+/t20?,23-,28-,32?;/m0./s1. The normalized spacial score (nSPS) is 23.9. The number of benzene rings is 2. The van der Waals surface area contributed by atoms with Crippen LogP contribution < -0.4 is 18.9 Å². The van der Waals surface area contributed by atoms with Crippen LogP contribution in [0.4, 0.5) is 0 Å². The number of carboxylic acid groups (broad SMARTS) is 2. The number of aliphatic hydroxyl groups is 1. The van der Waals surface area contributed by atoms with Gasteiger partial charge in [0.05, 0.1) is 32.8 Å². The van der Waals surface area contributed by atoms with Crippen LogP contribution in [0.3, 0.4) is 0 Å². The lowest BCUT2D eigenvalue weighted by Gasteiger charge is -2.35. The number of hydrogen-bond donors (Lipinski definition) is 3. The van der Waals surface area contributed by atoms with Crippen LogP contribution in [0.2, 0.25) is 0 Å². The molecule has 1 spiro atoms. The Hall–Kier alpha value is -4.35. The fourth-order valence-corrected chi connectivity index (χ4v) is 7.36. The van der Waals surface area contributed by atoms with E-state index >= 15 is 0 Å². The molecule has 0 amide bonds. The van der Waals surface area contributed by atoms with Crippen molar-refractivity contribution < 1.29 is 48.7 Å². The van der Waals surface area contributed by atoms with Gasteiger partial charge in [0.25, 0.3) is 0 Å². The third kappa shape index (κ3) is 7.16. The second-order valence-corrected chi connectivity index (χ2v) is 12.5. The summed E-state index contributed by atoms with van der Waals surface area (Å²) in [7, 11) is 4.93. The summed E-state index contributed by atoms with van der Waals surface area (Å²) in [6, 6.07) is 8.01. The zero-order valence-corrected chi connectivity index (χ0v) is 27.1. The number of ether oxygens (including phenoxy) is 4. The van der Waals surface area contributed by atoms with Gasteiger partial charge in [-0.2, -0.15) is 0 Å². The topological polar surface area (TPSA) is 152 Å². The molecule has 0 saturated carbocycles. The van der Waals surface area contributed by atoms with Gasteiger partial charge in [-0.15, -0.1) is 0 Å². The summed E-state index contributed by atoms with van der Waals surface area (Å²) >= 11 is 0. The van der Waals surface area contributed by atoms with Crippen molar-refractivity contribution in [3.8, 4) is 23.0 Å². The molecule has 4 atom stereocenters. The zero-order valence-electron chi connectivity index (χ0n) is 27.1. The van der Waals surface area contributed by atoms with E-state index in [1.807, 2.05) is 24.3 Å². The predicted octanol–water partition coefficient (Wildman–Crippen LogP) is 4.57. The molecule has 6 rings (SSSR count). The van der Waals surface area contributed by atoms with Crippen LogP contribution in [-0.2, 0) is 28.0 Å². The molecular formula is C36H43NO10. The van der Waals surface area contributed by atoms with Crippen molar-refractivity contribution in [3.05, 3.63) is 70.8 Å². The predicted molar refractivity (Wildman–Crippen MR) is 173 cm³/mol. The summed E-state index contributed by atoms with van der Waals surface area (Å²) < 4.78 is 22.9. The maximum absolute atomic E-state index is 13.0. The maximum Gasteiger partial charge on any atom is 0.328 e. The van der Waals surface area contributed by atoms with Crippen LogP contribution in [-0.4, -0.2) is 84.6 Å². The number of carbonyl (C=O) groups excluding carboxylic acids is 1. The van der Waals surface area contributed by atoms with Gasteiger partial charge in [-0.3, -0.25) is 9.69 Å². The Morgan fingerprint density at radius 3 is 2.36 bits per heavy atom. The highest BCUT2D eigenvalue weighted by Gasteiger charge is 2.52. The first kappa shape index (κ1) is 34.0. The highest BCUT2D eigenvalue weighted by molar-refractivity contribution is 6.02. The summed E-state index contributed by atoms with van der Waals surface area (Å²) in [6.07, 6.45) is 11.3. The lowest BCUT2D eigenvalue weighted by molar-refractivity contribution is -0.134. The minimum atomic E-state index is -1.26. The van der Waals surface area contributed by atoms with Crippen LogP contribution >= 0.6 is 0 Å². The molecule has 0 bridgehead atoms. The van der Waals surface area contributed by atoms with E-state index in [0.29, 0.717) is 30.1 Å². The van der Waals surface area contributed by atoms with Gasteiger partial charge >= 0.3 is 11.9 Å². The van der Waals surface area contributed by atoms with Crippen molar-refractivity contribution in [2.45, 2.75) is 69.1 Å². The number of nitrogens with zero attached hydrogens (tertiary/aromatic N) is 1. The average molecular weight is 650 g/mol. The Labute approximate surface area is 274 Å². The lowest BCUT2D eigenvalue weighted by atomic mass is 9.69. The van der Waals surface area contributed by atoms with Crippen LogP contribution in [0.15, 0.2) is 48.6 Å². The van der Waals surface area contributed by atoms with Gasteiger partial charge in [0.1, 0.15) is 6.10 Å². The molecule has 252 valence electrons. The largest absolute Gasteiger partial charge is 0.493 e. The molecule has 2 unspecified atom stereocenters. The number of aliphatic carboxylic acids is 2. The van der Waals surface area contributed by atoms with E-state index in [1.165, 1.54) is 11.1 Å². The van der Waals surface area contributed by atoms with Gasteiger partial charge in [-0.1, -0.05) is 31.1 Å². The van der Waals surface area contributed by atoms with E-state index in [1.54, 1.807) is 21.3 Å². The average Bonchev–Trinajstić information content (AvgIpc) is 3.49. The molecule has 11 heteroatoms. The number of hydrogen-bond acceptors (Lipinski definition) is 9. The molecule has 2 aromatic carbocycles. The molecule has 2 aliphatic heterocycles. The number of Topliss-reactive ketones (excluding diaryl/α,β-unsaturated/α-hetero) is 1. The Morgan fingerprint density at radius 1 is 0.979 bits per heavy atom. The summed E-state index contributed by atoms with van der Waals surface area (Å²) in [5.74, 6) is 0.724. The molecule has 0 aromatic heterocycles. The number of unbranched alkanes of at least 4 members (excludes halogenated alkanes) is 2. The third-order valence-electron chi connectivity index (χ3n) is 9.64. The molecule has 4 aliphatic rings. The van der Waals surface area contributed by atoms with Crippen molar-refractivity contribution >= 4 is 17.7 Å². The molecule has 2 aliphatic carbocycles. The number of rotatable bonds is 11. The monoisotopic (exact) mass is 649 g/mol. The maximum atomic E-state index is 13.0. The molecule has 47 heavy (non-hydrogen) atoms. The first-order valence-electron chi connectivity index (χ1n) is 16.0. The van der Waals surface area contributed by atoms with E-state index in [0.717, 1.165) is 80.8 Å². The highest BCUT2D eigenvalue weighted by atomic mass is 16.5. The Kier molecular flexibility index (Phi) is 10.6. The second-order valence-electron chi connectivity index (χ2n) is 12.5. The fraction of sp³-hybridized carbons (Fsp3) is 0.472. The Balaban J connectivity index is 0.000000483. The van der Waals surface area contributed by atoms with Crippen LogP contribution in [0.25, 0.3) is 0 Å². The molecule has 2 aromatic rings. The van der Waals surface area contributed by atoms with Crippen LogP contribution in [0, 0.1) is 5.92 Å². The molecule has 0 saturated heterocycles. The molecule has 0 radical (unpaired) electrons. The quantitative estimate of drug-likeness (QED) is 0.178. The van der Waals surface area contributed by atoms with E-state index in [2.05, 4.69) is 17.0 Å². The summed E-state index contributed by atoms with van der Waals surface area (Å²) in [5.41, 5.74) is 4.22. The van der Waals surface area contributed by atoms with Gasteiger partial charge in [-0.05, 0) is 68.1 Å². The van der Waals surface area contributed by atoms with Crippen LogP contribution in [0.1, 0.15) is 65.6 Å². The molecule has 0 fully saturated rings. The van der Waals surface area contributed by atoms with Gasteiger partial charge in [0.15, 0.2) is 28.8 Å². The third-order valence-corrected chi connectivity index (χ3v) is 9.64. The van der Waals surface area contributed by atoms with Gasteiger partial charge in [-0.25, -0.2) is 9.59 Å². The lowest BCUT2D eigenvalue weighted by Crippen LogP contribution is -2.43. The first-order chi connectivity index (χ1) is 22.6. The van der Waals surface area contributed by atoms with Crippen molar-refractivity contribution in [1.29, 1.82) is 0 Å². The number of carbonyl (C=O) groups is 3. The number of methoxy groups -OCH3 is 3. The van der Waals surface area contributed by atoms with E-state index in [-0.39, 0.29) is 23.2 Å². The number of ketones is 1. The SMILES string of the molecule is COc1cc2c(cc1OC)C(=O)C(CCCCCN1CCC34C=C[C@H](O)C[C@@H]3Oc3c(OC)ccc(c34)C1)C2.O=C(O)/C=C/C(=O)O. The highest BCUT2D eigenvalue weighted by Crippen LogP contribution is 2.55. The summed E-state index contributed by atoms with van der Waals surface area (Å²) in [6.45, 7) is 2.90. The number of carboxylic acids is 2. The first-order valence-corrected chi connectivity index (χ1v) is 16.0. The fourth-order valence-electron chi connectivity index (χ4n) is 7.36. The second kappa shape index (κ2) is 14.6. The Morgan fingerprint density at radius 2 is 1.68 bits per heavy atom. The zero-order chi connectivity index (χ0) is 33.7. The Bertz CT molecular complexity index is 1550. The van der Waals surface area contributed by atoms with Crippen molar-refractivity contribution in [2.75, 3.05) is 34.4 Å². The summed E-state index contributed by atoms with van der Waals surface area (Å²) in [4.78, 5) is 34.7. The minimum Gasteiger partial charge on any atom is -0.493 e. The number of fused-ring (bicyclic) bond motifs is 1. The van der Waals surface area contributed by atoms with Gasteiger partial charge < -0.3 is 34.3 Å². The van der Waals surface area contributed by atoms with E-state index in [9.17, 15) is 19.5 Å². The van der Waals surface area contributed by atoms with E-state index in [4.69, 9.17) is 29.2 Å². The minimum absolute atomic E-state index is 0.0540.